The number of nitrogen functional groups attached to an aromatic ring is 1. The lowest BCUT2D eigenvalue weighted by atomic mass is 10.0. The summed E-state index contributed by atoms with van der Waals surface area (Å²) < 4.78 is 1.52. The molecule has 7 heteroatoms. The second-order valence-corrected chi connectivity index (χ2v) is 4.80. The molecule has 3 rings (SSSR count). The summed E-state index contributed by atoms with van der Waals surface area (Å²) >= 11 is 0. The number of amides is 2. The molecule has 3 aromatic rings. The minimum absolute atomic E-state index is 0.153. The molecule has 0 spiro atoms. The molecule has 110 valence electrons. The summed E-state index contributed by atoms with van der Waals surface area (Å²) in [6.45, 7) is 0. The van der Waals surface area contributed by atoms with Gasteiger partial charge in [0.15, 0.2) is 0 Å². The van der Waals surface area contributed by atoms with Crippen molar-refractivity contribution in [2.75, 3.05) is 5.73 Å². The van der Waals surface area contributed by atoms with Crippen molar-refractivity contribution in [2.24, 2.45) is 11.5 Å². The van der Waals surface area contributed by atoms with Gasteiger partial charge in [-0.25, -0.2) is 4.52 Å². The quantitative estimate of drug-likeness (QED) is 0.659. The number of anilines is 1. The maximum atomic E-state index is 11.5. The van der Waals surface area contributed by atoms with Crippen molar-refractivity contribution in [1.29, 1.82) is 0 Å². The van der Waals surface area contributed by atoms with Crippen molar-refractivity contribution in [3.05, 3.63) is 53.9 Å². The van der Waals surface area contributed by atoms with Gasteiger partial charge in [-0.2, -0.15) is 5.10 Å². The summed E-state index contributed by atoms with van der Waals surface area (Å²) in [5.74, 6) is -1.17. The number of fused-ring (bicyclic) bond motifs is 1. The van der Waals surface area contributed by atoms with Crippen LogP contribution in [0, 0.1) is 0 Å². The van der Waals surface area contributed by atoms with Crippen LogP contribution in [0.3, 0.4) is 0 Å². The fourth-order valence-corrected chi connectivity index (χ4v) is 2.37. The normalized spacial score (nSPS) is 10.7. The zero-order valence-corrected chi connectivity index (χ0v) is 11.5. The SMILES string of the molecule is NC(=O)c1ccccc1-c1cc2c(N)c(C(N)=O)cnn2c1. The first-order chi connectivity index (χ1) is 10.5. The Bertz CT molecular complexity index is 913. The van der Waals surface area contributed by atoms with Crippen LogP contribution in [0.2, 0.25) is 0 Å². The summed E-state index contributed by atoms with van der Waals surface area (Å²) in [6, 6.07) is 8.69. The van der Waals surface area contributed by atoms with Gasteiger partial charge in [-0.15, -0.1) is 0 Å². The summed E-state index contributed by atoms with van der Waals surface area (Å²) in [5.41, 5.74) is 19.3. The Balaban J connectivity index is 2.24. The zero-order chi connectivity index (χ0) is 15.9. The first-order valence-corrected chi connectivity index (χ1v) is 6.45. The fourth-order valence-electron chi connectivity index (χ4n) is 2.37. The topological polar surface area (TPSA) is 130 Å². The standard InChI is InChI=1S/C15H13N5O2/c16-13-11(15(18)22)6-19-20-7-8(5-12(13)20)9-3-1-2-4-10(9)14(17)21/h1-7H,16H2,(H2,17,21)(H2,18,22). The van der Waals surface area contributed by atoms with Gasteiger partial charge in [-0.3, -0.25) is 9.59 Å². The van der Waals surface area contributed by atoms with Crippen LogP contribution in [0.1, 0.15) is 20.7 Å². The first-order valence-electron chi connectivity index (χ1n) is 6.45. The summed E-state index contributed by atoms with van der Waals surface area (Å²) in [5, 5.41) is 4.10. The molecular formula is C15H13N5O2. The lowest BCUT2D eigenvalue weighted by Crippen LogP contribution is -2.15. The average Bonchev–Trinajstić information content (AvgIpc) is 2.92. The van der Waals surface area contributed by atoms with Crippen molar-refractivity contribution in [3.63, 3.8) is 0 Å². The molecule has 0 atom stereocenters. The number of nitrogens with zero attached hydrogens (tertiary/aromatic N) is 2. The third kappa shape index (κ3) is 2.05. The Morgan fingerprint density at radius 3 is 2.41 bits per heavy atom. The van der Waals surface area contributed by atoms with Crippen LogP contribution < -0.4 is 17.2 Å². The number of hydrogen-bond donors (Lipinski definition) is 3. The van der Waals surface area contributed by atoms with Gasteiger partial charge in [0.2, 0.25) is 5.91 Å². The second-order valence-electron chi connectivity index (χ2n) is 4.80. The zero-order valence-electron chi connectivity index (χ0n) is 11.5. The van der Waals surface area contributed by atoms with Crippen molar-refractivity contribution < 1.29 is 9.59 Å². The lowest BCUT2D eigenvalue weighted by molar-refractivity contribution is 0.0992. The number of benzene rings is 1. The highest BCUT2D eigenvalue weighted by Crippen LogP contribution is 2.28. The highest BCUT2D eigenvalue weighted by molar-refractivity contribution is 6.03. The number of carbonyl (C=O) groups excluding carboxylic acids is 2. The molecule has 0 aliphatic carbocycles. The molecular weight excluding hydrogens is 282 g/mol. The predicted molar refractivity (Wildman–Crippen MR) is 82.1 cm³/mol. The summed E-state index contributed by atoms with van der Waals surface area (Å²) in [6.07, 6.45) is 3.02. The van der Waals surface area contributed by atoms with E-state index in [9.17, 15) is 9.59 Å². The molecule has 0 saturated carbocycles. The first kappa shape index (κ1) is 13.6. The third-order valence-corrected chi connectivity index (χ3v) is 3.45. The van der Waals surface area contributed by atoms with Gasteiger partial charge in [0.1, 0.15) is 0 Å². The van der Waals surface area contributed by atoms with E-state index in [4.69, 9.17) is 17.2 Å². The maximum absolute atomic E-state index is 11.5. The fraction of sp³-hybridized carbons (Fsp3) is 0. The van der Waals surface area contributed by atoms with E-state index in [1.54, 1.807) is 36.5 Å². The van der Waals surface area contributed by atoms with Gasteiger partial charge >= 0.3 is 0 Å². The maximum Gasteiger partial charge on any atom is 0.252 e. The molecule has 2 heterocycles. The summed E-state index contributed by atoms with van der Waals surface area (Å²) in [4.78, 5) is 22.9. The number of hydrogen-bond acceptors (Lipinski definition) is 4. The monoisotopic (exact) mass is 295 g/mol. The smallest absolute Gasteiger partial charge is 0.252 e. The molecule has 0 saturated heterocycles. The molecule has 0 bridgehead atoms. The van der Waals surface area contributed by atoms with Gasteiger partial charge in [-0.05, 0) is 17.7 Å². The van der Waals surface area contributed by atoms with Gasteiger partial charge in [0.05, 0.1) is 23.0 Å². The third-order valence-electron chi connectivity index (χ3n) is 3.45. The van der Waals surface area contributed by atoms with E-state index in [0.29, 0.717) is 16.6 Å². The minimum Gasteiger partial charge on any atom is -0.396 e. The van der Waals surface area contributed by atoms with E-state index in [1.165, 1.54) is 10.7 Å². The summed E-state index contributed by atoms with van der Waals surface area (Å²) in [7, 11) is 0. The van der Waals surface area contributed by atoms with E-state index in [1.807, 2.05) is 0 Å². The Kier molecular flexibility index (Phi) is 3.03. The number of primary amides is 2. The molecule has 2 amide bonds. The number of rotatable bonds is 3. The van der Waals surface area contributed by atoms with Crippen molar-refractivity contribution >= 4 is 23.0 Å². The van der Waals surface area contributed by atoms with Gasteiger partial charge in [0, 0.05) is 17.3 Å². The van der Waals surface area contributed by atoms with Crippen molar-refractivity contribution in [2.45, 2.75) is 0 Å². The Labute approximate surface area is 125 Å². The van der Waals surface area contributed by atoms with Gasteiger partial charge < -0.3 is 17.2 Å². The van der Waals surface area contributed by atoms with E-state index in [0.717, 1.165) is 5.56 Å². The molecule has 0 aliphatic heterocycles. The Morgan fingerprint density at radius 2 is 1.73 bits per heavy atom. The minimum atomic E-state index is -0.646. The van der Waals surface area contributed by atoms with E-state index < -0.39 is 11.8 Å². The molecule has 2 aromatic heterocycles. The number of carbonyl (C=O) groups is 2. The van der Waals surface area contributed by atoms with Gasteiger partial charge in [0.25, 0.3) is 5.91 Å². The van der Waals surface area contributed by atoms with Crippen LogP contribution in [0.5, 0.6) is 0 Å². The number of nitrogens with two attached hydrogens (primary N) is 3. The molecule has 22 heavy (non-hydrogen) atoms. The van der Waals surface area contributed by atoms with Crippen LogP contribution in [0.25, 0.3) is 16.6 Å². The highest BCUT2D eigenvalue weighted by atomic mass is 16.1. The molecule has 7 nitrogen and oxygen atoms in total. The van der Waals surface area contributed by atoms with E-state index in [2.05, 4.69) is 5.10 Å². The van der Waals surface area contributed by atoms with Crippen molar-refractivity contribution in [3.8, 4) is 11.1 Å². The van der Waals surface area contributed by atoms with Crippen LogP contribution in [0.4, 0.5) is 5.69 Å². The predicted octanol–water partition coefficient (Wildman–Crippen LogP) is 0.781. The largest absolute Gasteiger partial charge is 0.396 e. The molecule has 0 fully saturated rings. The van der Waals surface area contributed by atoms with Gasteiger partial charge in [-0.1, -0.05) is 18.2 Å². The molecule has 0 unspecified atom stereocenters. The molecule has 0 aliphatic rings. The van der Waals surface area contributed by atoms with E-state index >= 15 is 0 Å². The van der Waals surface area contributed by atoms with Crippen LogP contribution >= 0.6 is 0 Å². The molecule has 0 radical (unpaired) electrons. The van der Waals surface area contributed by atoms with Crippen LogP contribution in [0.15, 0.2) is 42.7 Å². The molecule has 6 N–H and O–H groups in total. The lowest BCUT2D eigenvalue weighted by Gasteiger charge is -2.03. The van der Waals surface area contributed by atoms with E-state index in [-0.39, 0.29) is 11.3 Å². The molecule has 1 aromatic carbocycles. The number of aromatic nitrogens is 2. The van der Waals surface area contributed by atoms with Crippen LogP contribution in [-0.2, 0) is 0 Å². The van der Waals surface area contributed by atoms with Crippen LogP contribution in [-0.4, -0.2) is 21.4 Å². The second kappa shape index (κ2) is 4.88. The Morgan fingerprint density at radius 1 is 1.05 bits per heavy atom. The highest BCUT2D eigenvalue weighted by Gasteiger charge is 2.15. The average molecular weight is 295 g/mol. The Hall–Kier alpha value is -3.35. The van der Waals surface area contributed by atoms with Crippen molar-refractivity contribution in [1.82, 2.24) is 9.61 Å².